The highest BCUT2D eigenvalue weighted by molar-refractivity contribution is 5.63. The monoisotopic (exact) mass is 146 g/mol. The molecule has 0 atom stereocenters. The first-order valence-corrected chi connectivity index (χ1v) is 3.48. The smallest absolute Gasteiger partial charge is 0.185 e. The zero-order valence-corrected chi connectivity index (χ0v) is 5.96. The van der Waals surface area contributed by atoms with E-state index in [2.05, 4.69) is 22.2 Å². The molecule has 0 saturated heterocycles. The first-order valence-electron chi connectivity index (χ1n) is 3.48. The van der Waals surface area contributed by atoms with Crippen LogP contribution in [0.3, 0.4) is 0 Å². The Bertz CT molecular complexity index is 280. The maximum atomic E-state index is 4.06. The van der Waals surface area contributed by atoms with Crippen LogP contribution in [0.25, 0.3) is 0 Å². The number of fused-ring (bicyclic) bond motifs is 1. The Morgan fingerprint density at radius 2 is 2.27 bits per heavy atom. The summed E-state index contributed by atoms with van der Waals surface area (Å²) in [6.07, 6.45) is 2.67. The van der Waals surface area contributed by atoms with Crippen LogP contribution in [0.2, 0.25) is 0 Å². The van der Waals surface area contributed by atoms with E-state index in [0.717, 1.165) is 12.2 Å². The quantitative estimate of drug-likeness (QED) is 0.568. The summed E-state index contributed by atoms with van der Waals surface area (Å²) >= 11 is 0. The van der Waals surface area contributed by atoms with Gasteiger partial charge in [-0.2, -0.15) is 0 Å². The molecular formula is C8H8N3. The molecule has 0 unspecified atom stereocenters. The summed E-state index contributed by atoms with van der Waals surface area (Å²) in [6.45, 7) is 0.784. The van der Waals surface area contributed by atoms with Crippen LogP contribution in [0.5, 0.6) is 0 Å². The fourth-order valence-electron chi connectivity index (χ4n) is 1.04. The van der Waals surface area contributed by atoms with Crippen molar-refractivity contribution in [2.75, 3.05) is 0 Å². The van der Waals surface area contributed by atoms with Gasteiger partial charge >= 0.3 is 0 Å². The van der Waals surface area contributed by atoms with Crippen molar-refractivity contribution >= 4 is 12.0 Å². The summed E-state index contributed by atoms with van der Waals surface area (Å²) in [4.78, 5) is 4.06. The minimum Gasteiger partial charge on any atom is -0.302 e. The molecule has 3 heteroatoms. The number of aliphatic imine (C=N–C) groups is 1. The van der Waals surface area contributed by atoms with Crippen LogP contribution in [0.15, 0.2) is 29.3 Å². The summed E-state index contributed by atoms with van der Waals surface area (Å²) in [5, 5.41) is 0. The molecule has 11 heavy (non-hydrogen) atoms. The van der Waals surface area contributed by atoms with Crippen LogP contribution in [0.1, 0.15) is 5.56 Å². The molecule has 1 aliphatic heterocycles. The normalized spacial score (nSPS) is 14.9. The zero-order valence-electron chi connectivity index (χ0n) is 5.96. The number of rotatable bonds is 0. The highest BCUT2D eigenvalue weighted by Gasteiger charge is 2.00. The van der Waals surface area contributed by atoms with Gasteiger partial charge < -0.3 is 5.43 Å². The molecule has 0 aliphatic carbocycles. The number of hydrogen-bond acceptors (Lipinski definition) is 3. The Labute approximate surface area is 65.1 Å². The van der Waals surface area contributed by atoms with Gasteiger partial charge in [-0.15, -0.1) is 0 Å². The highest BCUT2D eigenvalue weighted by Crippen LogP contribution is 2.17. The molecule has 1 heterocycles. The predicted octanol–water partition coefficient (Wildman–Crippen LogP) is 0.831. The van der Waals surface area contributed by atoms with Crippen LogP contribution in [-0.4, -0.2) is 6.34 Å². The number of nitrogens with zero attached hydrogens (tertiary/aromatic N) is 1. The summed E-state index contributed by atoms with van der Waals surface area (Å²) in [5.41, 5.74) is 7.84. The third kappa shape index (κ3) is 1.23. The van der Waals surface area contributed by atoms with Crippen LogP contribution in [0, 0.1) is 0 Å². The fourth-order valence-corrected chi connectivity index (χ4v) is 1.04. The molecule has 1 aliphatic rings. The maximum absolute atomic E-state index is 4.06. The van der Waals surface area contributed by atoms with Gasteiger partial charge in [0.05, 0.1) is 5.69 Å². The van der Waals surface area contributed by atoms with Crippen molar-refractivity contribution in [3.8, 4) is 0 Å². The van der Waals surface area contributed by atoms with E-state index in [-0.39, 0.29) is 0 Å². The van der Waals surface area contributed by atoms with Crippen molar-refractivity contribution in [1.82, 2.24) is 10.9 Å². The van der Waals surface area contributed by atoms with Gasteiger partial charge in [0.15, 0.2) is 6.34 Å². The zero-order chi connectivity index (χ0) is 7.52. The SMILES string of the molecule is [C]1=Nc2ccccc2CNN1. The van der Waals surface area contributed by atoms with E-state index in [9.17, 15) is 0 Å². The Morgan fingerprint density at radius 1 is 1.36 bits per heavy atom. The molecule has 0 aromatic heterocycles. The first kappa shape index (κ1) is 6.37. The van der Waals surface area contributed by atoms with Crippen molar-refractivity contribution in [2.24, 2.45) is 4.99 Å². The Balaban J connectivity index is 2.45. The maximum Gasteiger partial charge on any atom is 0.185 e. The predicted molar refractivity (Wildman–Crippen MR) is 43.5 cm³/mol. The highest BCUT2D eigenvalue weighted by atomic mass is 15.4. The second-order valence-electron chi connectivity index (χ2n) is 2.33. The van der Waals surface area contributed by atoms with E-state index in [1.807, 2.05) is 24.3 Å². The van der Waals surface area contributed by atoms with E-state index >= 15 is 0 Å². The number of nitrogens with one attached hydrogen (secondary N) is 2. The molecule has 0 saturated carbocycles. The molecule has 1 aromatic carbocycles. The second kappa shape index (κ2) is 2.72. The van der Waals surface area contributed by atoms with Gasteiger partial charge in [-0.3, -0.25) is 0 Å². The summed E-state index contributed by atoms with van der Waals surface area (Å²) < 4.78 is 0. The fraction of sp³-hybridized carbons (Fsp3) is 0.125. The number of hydrazine groups is 1. The summed E-state index contributed by atoms with van der Waals surface area (Å²) in [5.74, 6) is 0. The number of hydrogen-bond donors (Lipinski definition) is 2. The lowest BCUT2D eigenvalue weighted by molar-refractivity contribution is 0.669. The summed E-state index contributed by atoms with van der Waals surface area (Å²) in [7, 11) is 0. The molecular weight excluding hydrogens is 138 g/mol. The molecule has 55 valence electrons. The third-order valence-corrected chi connectivity index (χ3v) is 1.59. The lowest BCUT2D eigenvalue weighted by Crippen LogP contribution is -2.28. The minimum absolute atomic E-state index is 0.784. The molecule has 2 N–H and O–H groups in total. The average molecular weight is 146 g/mol. The summed E-state index contributed by atoms with van der Waals surface area (Å²) in [6, 6.07) is 7.98. The van der Waals surface area contributed by atoms with Crippen molar-refractivity contribution in [2.45, 2.75) is 6.54 Å². The molecule has 0 bridgehead atoms. The largest absolute Gasteiger partial charge is 0.302 e. The van der Waals surface area contributed by atoms with Crippen molar-refractivity contribution in [3.63, 3.8) is 0 Å². The van der Waals surface area contributed by atoms with Gasteiger partial charge in [0.25, 0.3) is 0 Å². The Morgan fingerprint density at radius 3 is 3.27 bits per heavy atom. The van der Waals surface area contributed by atoms with Crippen LogP contribution >= 0.6 is 0 Å². The van der Waals surface area contributed by atoms with E-state index in [1.165, 1.54) is 5.56 Å². The van der Waals surface area contributed by atoms with Gasteiger partial charge in [0.1, 0.15) is 0 Å². The van der Waals surface area contributed by atoms with Crippen molar-refractivity contribution in [3.05, 3.63) is 29.8 Å². The third-order valence-electron chi connectivity index (χ3n) is 1.59. The topological polar surface area (TPSA) is 36.4 Å². The van der Waals surface area contributed by atoms with Gasteiger partial charge in [0, 0.05) is 6.54 Å². The van der Waals surface area contributed by atoms with E-state index in [0.29, 0.717) is 0 Å². The van der Waals surface area contributed by atoms with Gasteiger partial charge in [-0.25, -0.2) is 10.4 Å². The number of para-hydroxylation sites is 1. The van der Waals surface area contributed by atoms with Crippen LogP contribution in [-0.2, 0) is 6.54 Å². The van der Waals surface area contributed by atoms with Crippen LogP contribution in [0.4, 0.5) is 5.69 Å². The van der Waals surface area contributed by atoms with Gasteiger partial charge in [-0.1, -0.05) is 18.2 Å². The first-order chi connectivity index (χ1) is 5.47. The molecule has 1 aromatic rings. The van der Waals surface area contributed by atoms with E-state index in [1.54, 1.807) is 0 Å². The van der Waals surface area contributed by atoms with Gasteiger partial charge in [0.2, 0.25) is 0 Å². The number of benzene rings is 1. The van der Waals surface area contributed by atoms with Crippen molar-refractivity contribution < 1.29 is 0 Å². The molecule has 0 amide bonds. The van der Waals surface area contributed by atoms with Crippen molar-refractivity contribution in [1.29, 1.82) is 0 Å². The molecule has 3 nitrogen and oxygen atoms in total. The van der Waals surface area contributed by atoms with Crippen LogP contribution < -0.4 is 10.9 Å². The lowest BCUT2D eigenvalue weighted by Gasteiger charge is -2.00. The Kier molecular flexibility index (Phi) is 1.57. The molecule has 0 fully saturated rings. The van der Waals surface area contributed by atoms with E-state index < -0.39 is 0 Å². The standard InChI is InChI=1S/C8H8N3/c1-2-4-8-7(3-1)5-10-11-6-9-8/h1-4,10H,5H2,(H,9,11). The molecule has 0 spiro atoms. The van der Waals surface area contributed by atoms with Gasteiger partial charge in [-0.05, 0) is 11.6 Å². The lowest BCUT2D eigenvalue weighted by atomic mass is 10.2. The Hall–Kier alpha value is -1.35. The molecule has 2 rings (SSSR count). The second-order valence-corrected chi connectivity index (χ2v) is 2.33. The molecule has 1 radical (unpaired) electrons. The average Bonchev–Trinajstić information content (AvgIpc) is 2.28. The van der Waals surface area contributed by atoms with E-state index in [4.69, 9.17) is 0 Å². The minimum atomic E-state index is 0.784.